The van der Waals surface area contributed by atoms with E-state index in [9.17, 15) is 5.11 Å². The molecule has 0 bridgehead atoms. The molecule has 1 aromatic carbocycles. The largest absolute Gasteiger partial charge is 0.494 e. The molecular formula is C15H23N3O2. The third-order valence-corrected chi connectivity index (χ3v) is 3.69. The number of nitrogens with two attached hydrogens (primary N) is 1. The first-order valence-electron chi connectivity index (χ1n) is 6.77. The summed E-state index contributed by atoms with van der Waals surface area (Å²) >= 11 is 0. The fourth-order valence-corrected chi connectivity index (χ4v) is 2.12. The van der Waals surface area contributed by atoms with E-state index in [1.165, 1.54) is 0 Å². The molecule has 0 aliphatic rings. The van der Waals surface area contributed by atoms with Gasteiger partial charge >= 0.3 is 0 Å². The molecular weight excluding hydrogens is 254 g/mol. The number of aromatic nitrogens is 2. The van der Waals surface area contributed by atoms with Crippen molar-refractivity contribution in [1.82, 2.24) is 9.78 Å². The number of aliphatic hydroxyl groups is 1. The average molecular weight is 277 g/mol. The van der Waals surface area contributed by atoms with Crippen LogP contribution in [0.1, 0.15) is 26.5 Å². The van der Waals surface area contributed by atoms with Crippen molar-refractivity contribution < 1.29 is 9.84 Å². The van der Waals surface area contributed by atoms with Crippen LogP contribution in [0.25, 0.3) is 10.9 Å². The number of ether oxygens (including phenoxy) is 1. The molecule has 0 saturated carbocycles. The highest BCUT2D eigenvalue weighted by atomic mass is 16.5. The second-order valence-corrected chi connectivity index (χ2v) is 6.12. The van der Waals surface area contributed by atoms with Crippen LogP contribution in [0.15, 0.2) is 18.2 Å². The van der Waals surface area contributed by atoms with E-state index in [0.717, 1.165) is 16.6 Å². The van der Waals surface area contributed by atoms with Crippen molar-refractivity contribution in [1.29, 1.82) is 0 Å². The molecule has 2 rings (SSSR count). The molecule has 0 amide bonds. The molecule has 3 N–H and O–H groups in total. The lowest BCUT2D eigenvalue weighted by Crippen LogP contribution is -2.39. The molecule has 1 heterocycles. The molecule has 0 fully saturated rings. The maximum atomic E-state index is 9.64. The number of nitrogens with zero attached hydrogens (tertiary/aromatic N) is 2. The standard InChI is InChI=1S/C15H23N3O2/c1-15(2,3)13(16)8-18-11(9-19)10-6-5-7-12(20-4)14(10)17-18/h5-7,13,19H,8-9,16H2,1-4H3. The van der Waals surface area contributed by atoms with Crippen LogP contribution in [0, 0.1) is 5.41 Å². The van der Waals surface area contributed by atoms with Crippen LogP contribution < -0.4 is 10.5 Å². The van der Waals surface area contributed by atoms with Crippen molar-refractivity contribution in [2.24, 2.45) is 11.1 Å². The van der Waals surface area contributed by atoms with Gasteiger partial charge in [0.15, 0.2) is 0 Å². The number of hydrogen-bond acceptors (Lipinski definition) is 4. The van der Waals surface area contributed by atoms with Gasteiger partial charge in [0, 0.05) is 11.4 Å². The summed E-state index contributed by atoms with van der Waals surface area (Å²) in [5, 5.41) is 15.1. The molecule has 2 aromatic rings. The van der Waals surface area contributed by atoms with Crippen LogP contribution in [0.2, 0.25) is 0 Å². The van der Waals surface area contributed by atoms with E-state index in [1.54, 1.807) is 11.8 Å². The minimum absolute atomic E-state index is 0.0189. The van der Waals surface area contributed by atoms with Gasteiger partial charge in [-0.25, -0.2) is 0 Å². The monoisotopic (exact) mass is 277 g/mol. The van der Waals surface area contributed by atoms with E-state index < -0.39 is 0 Å². The summed E-state index contributed by atoms with van der Waals surface area (Å²) in [4.78, 5) is 0. The number of benzene rings is 1. The quantitative estimate of drug-likeness (QED) is 0.895. The van der Waals surface area contributed by atoms with Crippen molar-refractivity contribution in [3.05, 3.63) is 23.9 Å². The summed E-state index contributed by atoms with van der Waals surface area (Å²) < 4.78 is 7.12. The van der Waals surface area contributed by atoms with Gasteiger partial charge in [-0.3, -0.25) is 4.68 Å². The lowest BCUT2D eigenvalue weighted by atomic mass is 9.87. The summed E-state index contributed by atoms with van der Waals surface area (Å²) in [6, 6.07) is 5.66. The molecule has 1 atom stereocenters. The number of methoxy groups -OCH3 is 1. The Morgan fingerprint density at radius 3 is 2.65 bits per heavy atom. The molecule has 0 radical (unpaired) electrons. The minimum Gasteiger partial charge on any atom is -0.494 e. The first kappa shape index (κ1) is 14.8. The Morgan fingerprint density at radius 1 is 1.40 bits per heavy atom. The van der Waals surface area contributed by atoms with Crippen LogP contribution in [0.4, 0.5) is 0 Å². The second-order valence-electron chi connectivity index (χ2n) is 6.12. The number of rotatable bonds is 4. The molecule has 5 heteroatoms. The van der Waals surface area contributed by atoms with Gasteiger partial charge in [0.1, 0.15) is 11.3 Å². The number of hydrogen-bond donors (Lipinski definition) is 2. The Kier molecular flexibility index (Phi) is 4.01. The molecule has 5 nitrogen and oxygen atoms in total. The highest BCUT2D eigenvalue weighted by molar-refractivity contribution is 5.86. The van der Waals surface area contributed by atoms with Crippen LogP contribution in [0.3, 0.4) is 0 Å². The fourth-order valence-electron chi connectivity index (χ4n) is 2.12. The van der Waals surface area contributed by atoms with Crippen molar-refractivity contribution >= 4 is 10.9 Å². The molecule has 0 spiro atoms. The molecule has 0 aliphatic heterocycles. The minimum atomic E-state index is -0.0689. The predicted molar refractivity (Wildman–Crippen MR) is 79.6 cm³/mol. The van der Waals surface area contributed by atoms with Crippen LogP contribution in [-0.4, -0.2) is 28.0 Å². The first-order chi connectivity index (χ1) is 9.38. The molecule has 1 unspecified atom stereocenters. The van der Waals surface area contributed by atoms with E-state index in [0.29, 0.717) is 12.3 Å². The van der Waals surface area contributed by atoms with Gasteiger partial charge in [-0.2, -0.15) is 5.10 Å². The highest BCUT2D eigenvalue weighted by Crippen LogP contribution is 2.28. The fraction of sp³-hybridized carbons (Fsp3) is 0.533. The zero-order valence-corrected chi connectivity index (χ0v) is 12.6. The van der Waals surface area contributed by atoms with Gasteiger partial charge in [0.05, 0.1) is 26.0 Å². The molecule has 0 saturated heterocycles. The van der Waals surface area contributed by atoms with Gasteiger partial charge in [-0.15, -0.1) is 0 Å². The predicted octanol–water partition coefficient (Wildman–Crippen LogP) is 1.91. The Morgan fingerprint density at radius 2 is 2.10 bits per heavy atom. The zero-order chi connectivity index (χ0) is 14.9. The third kappa shape index (κ3) is 2.64. The Bertz CT molecular complexity index is 599. The Labute approximate surface area is 119 Å². The van der Waals surface area contributed by atoms with Gasteiger partial charge in [0.25, 0.3) is 0 Å². The summed E-state index contributed by atoms with van der Waals surface area (Å²) in [7, 11) is 1.62. The molecule has 0 aliphatic carbocycles. The van der Waals surface area contributed by atoms with Crippen LogP contribution >= 0.6 is 0 Å². The van der Waals surface area contributed by atoms with E-state index in [-0.39, 0.29) is 18.1 Å². The van der Waals surface area contributed by atoms with E-state index >= 15 is 0 Å². The lowest BCUT2D eigenvalue weighted by molar-refractivity contribution is 0.249. The van der Waals surface area contributed by atoms with E-state index in [1.807, 2.05) is 18.2 Å². The maximum absolute atomic E-state index is 9.64. The van der Waals surface area contributed by atoms with Gasteiger partial charge in [0.2, 0.25) is 0 Å². The lowest BCUT2D eigenvalue weighted by Gasteiger charge is -2.27. The summed E-state index contributed by atoms with van der Waals surface area (Å²) in [5.41, 5.74) is 7.75. The van der Waals surface area contributed by atoms with Gasteiger partial charge < -0.3 is 15.6 Å². The van der Waals surface area contributed by atoms with Gasteiger partial charge in [-0.05, 0) is 11.5 Å². The van der Waals surface area contributed by atoms with Crippen LogP contribution in [0.5, 0.6) is 5.75 Å². The number of fused-ring (bicyclic) bond motifs is 1. The average Bonchev–Trinajstić information content (AvgIpc) is 2.74. The topological polar surface area (TPSA) is 73.3 Å². The molecule has 20 heavy (non-hydrogen) atoms. The van der Waals surface area contributed by atoms with Gasteiger partial charge in [-0.1, -0.05) is 32.9 Å². The number of aliphatic hydroxyl groups excluding tert-OH is 1. The Balaban J connectivity index is 2.48. The Hall–Kier alpha value is -1.59. The van der Waals surface area contributed by atoms with Crippen LogP contribution in [-0.2, 0) is 13.2 Å². The van der Waals surface area contributed by atoms with Crippen molar-refractivity contribution in [3.63, 3.8) is 0 Å². The highest BCUT2D eigenvalue weighted by Gasteiger charge is 2.23. The zero-order valence-electron chi connectivity index (χ0n) is 12.6. The first-order valence-corrected chi connectivity index (χ1v) is 6.77. The molecule has 1 aromatic heterocycles. The third-order valence-electron chi connectivity index (χ3n) is 3.69. The second kappa shape index (κ2) is 5.42. The van der Waals surface area contributed by atoms with E-state index in [2.05, 4.69) is 25.9 Å². The summed E-state index contributed by atoms with van der Waals surface area (Å²) in [6.45, 7) is 6.79. The smallest absolute Gasteiger partial charge is 0.146 e. The van der Waals surface area contributed by atoms with Crippen molar-refractivity contribution in [3.8, 4) is 5.75 Å². The van der Waals surface area contributed by atoms with E-state index in [4.69, 9.17) is 10.5 Å². The SMILES string of the molecule is COc1cccc2c(CO)n(CC(N)C(C)(C)C)nc12. The van der Waals surface area contributed by atoms with Crippen molar-refractivity contribution in [2.45, 2.75) is 40.0 Å². The summed E-state index contributed by atoms with van der Waals surface area (Å²) in [5.74, 6) is 0.709. The maximum Gasteiger partial charge on any atom is 0.146 e. The van der Waals surface area contributed by atoms with Crippen molar-refractivity contribution in [2.75, 3.05) is 7.11 Å². The molecule has 110 valence electrons. The summed E-state index contributed by atoms with van der Waals surface area (Å²) in [6.07, 6.45) is 0. The normalized spacial score (nSPS) is 13.7.